The Balaban J connectivity index is 1.23. The third kappa shape index (κ3) is 6.99. The van der Waals surface area contributed by atoms with Crippen LogP contribution in [0, 0.1) is 5.92 Å². The minimum absolute atomic E-state index is 0.114. The van der Waals surface area contributed by atoms with E-state index in [9.17, 15) is 5.11 Å². The highest BCUT2D eigenvalue weighted by Gasteiger charge is 2.33. The molecule has 1 unspecified atom stereocenters. The van der Waals surface area contributed by atoms with Crippen molar-refractivity contribution in [2.45, 2.75) is 89.3 Å². The van der Waals surface area contributed by atoms with Gasteiger partial charge in [0.15, 0.2) is 0 Å². The second-order valence-corrected chi connectivity index (χ2v) is 12.5. The zero-order valence-electron chi connectivity index (χ0n) is 24.4. The van der Waals surface area contributed by atoms with Crippen LogP contribution in [-0.2, 0) is 5.41 Å². The van der Waals surface area contributed by atoms with Crippen LogP contribution in [0.25, 0.3) is 11.1 Å². The first-order valence-corrected chi connectivity index (χ1v) is 14.6. The molecule has 3 aromatic rings. The average molecular weight is 542 g/mol. The predicted molar refractivity (Wildman–Crippen MR) is 161 cm³/mol. The maximum Gasteiger partial charge on any atom is 0.213 e. The second kappa shape index (κ2) is 12.0. The lowest BCUT2D eigenvalue weighted by molar-refractivity contribution is 0.0781. The van der Waals surface area contributed by atoms with E-state index in [1.54, 1.807) is 7.11 Å². The van der Waals surface area contributed by atoms with Crippen molar-refractivity contribution >= 4 is 0 Å². The number of benzene rings is 2. The number of ether oxygens (including phenoxy) is 3. The zero-order valence-corrected chi connectivity index (χ0v) is 24.4. The molecule has 0 radical (unpaired) electrons. The van der Waals surface area contributed by atoms with Crippen LogP contribution in [0.1, 0.15) is 82.8 Å². The van der Waals surface area contributed by atoms with E-state index in [0.717, 1.165) is 48.3 Å². The molecule has 2 saturated carbocycles. The Morgan fingerprint density at radius 3 is 2.20 bits per heavy atom. The molecule has 2 aromatic carbocycles. The van der Waals surface area contributed by atoms with Crippen molar-refractivity contribution in [1.82, 2.24) is 4.98 Å². The van der Waals surface area contributed by atoms with Crippen LogP contribution >= 0.6 is 0 Å². The molecule has 0 saturated heterocycles. The first-order chi connectivity index (χ1) is 19.2. The molecule has 1 heterocycles. The van der Waals surface area contributed by atoms with E-state index in [1.807, 2.05) is 24.4 Å². The van der Waals surface area contributed by atoms with E-state index in [1.165, 1.54) is 24.0 Å². The quantitative estimate of drug-likeness (QED) is 0.260. The summed E-state index contributed by atoms with van der Waals surface area (Å²) in [6, 6.07) is 19.0. The van der Waals surface area contributed by atoms with Gasteiger partial charge in [0.25, 0.3) is 0 Å². The van der Waals surface area contributed by atoms with Crippen LogP contribution < -0.4 is 14.2 Å². The van der Waals surface area contributed by atoms with Gasteiger partial charge in [0.1, 0.15) is 17.6 Å². The smallest absolute Gasteiger partial charge is 0.213 e. The van der Waals surface area contributed by atoms with Gasteiger partial charge in [-0.1, -0.05) is 51.6 Å². The molecule has 212 valence electrons. The minimum atomic E-state index is 0.114. The normalized spacial score (nSPS) is 20.0. The highest BCUT2D eigenvalue weighted by atomic mass is 16.5. The van der Waals surface area contributed by atoms with Gasteiger partial charge in [0, 0.05) is 30.3 Å². The molecule has 5 rings (SSSR count). The van der Waals surface area contributed by atoms with Crippen molar-refractivity contribution in [3.05, 3.63) is 84.3 Å². The molecule has 5 heteroatoms. The van der Waals surface area contributed by atoms with Crippen LogP contribution in [0.3, 0.4) is 0 Å². The fourth-order valence-electron chi connectivity index (χ4n) is 5.76. The molecule has 5 nitrogen and oxygen atoms in total. The minimum Gasteiger partial charge on any atom is -0.513 e. The maximum absolute atomic E-state index is 9.81. The van der Waals surface area contributed by atoms with Gasteiger partial charge >= 0.3 is 0 Å². The SMILES string of the molecule is C=C(O)CC(c1ccnc(O[C@H]2CC[C@@H](Oc3cc(OC)ccc3-c3ccc(C(C)(C)C)cc3)CC2)c1)C1CC1. The molecule has 2 aliphatic rings. The van der Waals surface area contributed by atoms with Crippen molar-refractivity contribution in [2.24, 2.45) is 5.92 Å². The van der Waals surface area contributed by atoms with Gasteiger partial charge in [0.05, 0.1) is 19.0 Å². The van der Waals surface area contributed by atoms with Gasteiger partial charge in [-0.15, -0.1) is 0 Å². The summed E-state index contributed by atoms with van der Waals surface area (Å²) in [7, 11) is 1.69. The Hall–Kier alpha value is -3.47. The van der Waals surface area contributed by atoms with Crippen molar-refractivity contribution in [3.8, 4) is 28.5 Å². The summed E-state index contributed by atoms with van der Waals surface area (Å²) in [6.07, 6.45) is 8.73. The van der Waals surface area contributed by atoms with Gasteiger partial charge < -0.3 is 19.3 Å². The molecule has 1 aromatic heterocycles. The molecule has 0 spiro atoms. The third-order valence-electron chi connectivity index (χ3n) is 8.29. The summed E-state index contributed by atoms with van der Waals surface area (Å²) in [5, 5.41) is 9.81. The van der Waals surface area contributed by atoms with Gasteiger partial charge in [-0.3, -0.25) is 0 Å². The zero-order chi connectivity index (χ0) is 28.3. The lowest BCUT2D eigenvalue weighted by atomic mass is 9.86. The average Bonchev–Trinajstić information content (AvgIpc) is 3.78. The molecule has 2 aliphatic carbocycles. The standard InChI is InChI=1S/C35H43NO4/c1-23(37)20-32(25-6-7-25)26-18-19-36-34(21-26)40-29-14-12-28(13-15-29)39-33-22-30(38-5)16-17-31(33)24-8-10-27(11-9-24)35(2,3)4/h8-11,16-19,21-22,25,28-29,32,37H,1,6-7,12-15,20H2,2-5H3/t28-,29+,32?. The van der Waals surface area contributed by atoms with Crippen molar-refractivity contribution in [2.75, 3.05) is 7.11 Å². The fraction of sp³-hybridized carbons (Fsp3) is 0.457. The molecular weight excluding hydrogens is 498 g/mol. The number of aliphatic hydroxyl groups is 1. The summed E-state index contributed by atoms with van der Waals surface area (Å²) >= 11 is 0. The van der Waals surface area contributed by atoms with Gasteiger partial charge in [-0.2, -0.15) is 0 Å². The number of pyridine rings is 1. The molecule has 0 amide bonds. The highest BCUT2D eigenvalue weighted by molar-refractivity contribution is 5.72. The number of aromatic nitrogens is 1. The van der Waals surface area contributed by atoms with Gasteiger partial charge in [-0.05, 0) is 90.7 Å². The molecule has 0 bridgehead atoms. The Labute approximate surface area is 239 Å². The van der Waals surface area contributed by atoms with Crippen LogP contribution in [0.15, 0.2) is 73.1 Å². The topological polar surface area (TPSA) is 60.8 Å². The van der Waals surface area contributed by atoms with Crippen LogP contribution in [0.4, 0.5) is 0 Å². The summed E-state index contributed by atoms with van der Waals surface area (Å²) in [4.78, 5) is 4.49. The van der Waals surface area contributed by atoms with Gasteiger partial charge in [0.2, 0.25) is 5.88 Å². The largest absolute Gasteiger partial charge is 0.513 e. The van der Waals surface area contributed by atoms with E-state index in [-0.39, 0.29) is 29.3 Å². The molecule has 1 atom stereocenters. The Morgan fingerprint density at radius 2 is 1.60 bits per heavy atom. The number of nitrogens with zero attached hydrogens (tertiary/aromatic N) is 1. The summed E-state index contributed by atoms with van der Waals surface area (Å²) in [5.74, 6) is 3.47. The lowest BCUT2D eigenvalue weighted by Gasteiger charge is -2.30. The second-order valence-electron chi connectivity index (χ2n) is 12.5. The van der Waals surface area contributed by atoms with Crippen LogP contribution in [-0.4, -0.2) is 29.4 Å². The first-order valence-electron chi connectivity index (χ1n) is 14.6. The highest BCUT2D eigenvalue weighted by Crippen LogP contribution is 2.46. The fourth-order valence-corrected chi connectivity index (χ4v) is 5.76. The van der Waals surface area contributed by atoms with Crippen LogP contribution in [0.2, 0.25) is 0 Å². The summed E-state index contributed by atoms with van der Waals surface area (Å²) < 4.78 is 18.5. The van der Waals surface area contributed by atoms with E-state index in [0.29, 0.717) is 18.2 Å². The van der Waals surface area contributed by atoms with Crippen LogP contribution in [0.5, 0.6) is 17.4 Å². The number of hydrogen-bond acceptors (Lipinski definition) is 5. The Kier molecular flexibility index (Phi) is 8.39. The molecule has 2 fully saturated rings. The molecule has 0 aliphatic heterocycles. The number of allylic oxidation sites excluding steroid dienone is 1. The lowest BCUT2D eigenvalue weighted by Crippen LogP contribution is -2.30. The predicted octanol–water partition coefficient (Wildman–Crippen LogP) is 8.78. The number of methoxy groups -OCH3 is 1. The van der Waals surface area contributed by atoms with E-state index in [2.05, 4.69) is 68.7 Å². The monoisotopic (exact) mass is 541 g/mol. The Morgan fingerprint density at radius 1 is 0.925 bits per heavy atom. The Bertz CT molecular complexity index is 1300. The van der Waals surface area contributed by atoms with Gasteiger partial charge in [-0.25, -0.2) is 4.98 Å². The summed E-state index contributed by atoms with van der Waals surface area (Å²) in [5.41, 5.74) is 4.83. The number of aliphatic hydroxyl groups excluding tert-OH is 1. The molecular formula is C35H43NO4. The summed E-state index contributed by atoms with van der Waals surface area (Å²) in [6.45, 7) is 10.4. The van der Waals surface area contributed by atoms with E-state index in [4.69, 9.17) is 14.2 Å². The molecule has 1 N–H and O–H groups in total. The van der Waals surface area contributed by atoms with Crippen molar-refractivity contribution in [3.63, 3.8) is 0 Å². The van der Waals surface area contributed by atoms with E-state index < -0.39 is 0 Å². The third-order valence-corrected chi connectivity index (χ3v) is 8.29. The molecule has 40 heavy (non-hydrogen) atoms. The number of hydrogen-bond donors (Lipinski definition) is 1. The number of rotatable bonds is 10. The van der Waals surface area contributed by atoms with Crippen molar-refractivity contribution < 1.29 is 19.3 Å². The van der Waals surface area contributed by atoms with Crippen molar-refractivity contribution in [1.29, 1.82) is 0 Å². The first kappa shape index (κ1) is 28.1. The van der Waals surface area contributed by atoms with E-state index >= 15 is 0 Å². The maximum atomic E-state index is 9.81.